The van der Waals surface area contributed by atoms with Crippen LogP contribution in [0.3, 0.4) is 0 Å². The summed E-state index contributed by atoms with van der Waals surface area (Å²) in [6, 6.07) is 3.05. The summed E-state index contributed by atoms with van der Waals surface area (Å²) in [6.45, 7) is 0. The molecule has 6 nitrogen and oxygen atoms in total. The third-order valence-electron chi connectivity index (χ3n) is 3.96. The molecule has 2 aromatic heterocycles. The van der Waals surface area contributed by atoms with Gasteiger partial charge < -0.3 is 11.1 Å². The van der Waals surface area contributed by atoms with Gasteiger partial charge in [-0.3, -0.25) is 4.79 Å². The van der Waals surface area contributed by atoms with Crippen molar-refractivity contribution in [2.24, 2.45) is 5.92 Å². The molecule has 0 spiro atoms. The monoisotopic (exact) mass is 379 g/mol. The quantitative estimate of drug-likeness (QED) is 0.677. The molecular formula is C16H12Cl2FN5O. The van der Waals surface area contributed by atoms with Gasteiger partial charge in [0.1, 0.15) is 17.0 Å². The predicted molar refractivity (Wildman–Crippen MR) is 94.6 cm³/mol. The van der Waals surface area contributed by atoms with Crippen molar-refractivity contribution in [3.8, 4) is 5.69 Å². The smallest absolute Gasteiger partial charge is 0.228 e. The number of nitrogens with one attached hydrogen (secondary N) is 1. The Hall–Kier alpha value is -2.38. The van der Waals surface area contributed by atoms with Crippen LogP contribution in [0.1, 0.15) is 12.8 Å². The highest BCUT2D eigenvalue weighted by molar-refractivity contribution is 6.38. The molecule has 3 aromatic rings. The molecule has 0 aliphatic heterocycles. The number of hydrogen-bond donors (Lipinski definition) is 2. The molecule has 0 unspecified atom stereocenters. The molecule has 1 aromatic carbocycles. The van der Waals surface area contributed by atoms with Crippen LogP contribution in [0.25, 0.3) is 16.6 Å². The van der Waals surface area contributed by atoms with Crippen LogP contribution < -0.4 is 11.1 Å². The fourth-order valence-electron chi connectivity index (χ4n) is 2.56. The van der Waals surface area contributed by atoms with Crippen LogP contribution in [0.15, 0.2) is 24.5 Å². The lowest BCUT2D eigenvalue weighted by Crippen LogP contribution is -2.14. The van der Waals surface area contributed by atoms with Gasteiger partial charge in [-0.05, 0) is 25.0 Å². The zero-order valence-corrected chi connectivity index (χ0v) is 14.3. The lowest BCUT2D eigenvalue weighted by Gasteiger charge is -2.07. The molecular weight excluding hydrogens is 368 g/mol. The molecule has 2 heterocycles. The lowest BCUT2D eigenvalue weighted by atomic mass is 10.2. The Bertz CT molecular complexity index is 992. The number of nitrogens with zero attached hydrogens (tertiary/aromatic N) is 3. The van der Waals surface area contributed by atoms with Gasteiger partial charge in [0, 0.05) is 17.8 Å². The molecule has 0 saturated heterocycles. The first kappa shape index (κ1) is 16.1. The van der Waals surface area contributed by atoms with E-state index in [9.17, 15) is 9.18 Å². The second-order valence-electron chi connectivity index (χ2n) is 5.89. The number of benzene rings is 1. The highest BCUT2D eigenvalue weighted by Crippen LogP contribution is 2.34. The maximum Gasteiger partial charge on any atom is 0.228 e. The van der Waals surface area contributed by atoms with E-state index in [1.807, 2.05) is 0 Å². The van der Waals surface area contributed by atoms with Crippen LogP contribution >= 0.6 is 23.2 Å². The summed E-state index contributed by atoms with van der Waals surface area (Å²) in [7, 11) is 0. The van der Waals surface area contributed by atoms with Gasteiger partial charge in [0.2, 0.25) is 5.91 Å². The number of nitrogens with two attached hydrogens (primary N) is 1. The van der Waals surface area contributed by atoms with E-state index in [0.29, 0.717) is 16.8 Å². The Balaban J connectivity index is 1.84. The molecule has 1 fully saturated rings. The van der Waals surface area contributed by atoms with Crippen molar-refractivity contribution in [1.29, 1.82) is 0 Å². The van der Waals surface area contributed by atoms with Gasteiger partial charge in [-0.2, -0.15) is 5.10 Å². The Morgan fingerprint density at radius 1 is 1.32 bits per heavy atom. The number of carbonyl (C=O) groups is 1. The molecule has 0 radical (unpaired) electrons. The summed E-state index contributed by atoms with van der Waals surface area (Å²) in [4.78, 5) is 16.0. The van der Waals surface area contributed by atoms with Gasteiger partial charge in [-0.15, -0.1) is 0 Å². The van der Waals surface area contributed by atoms with Crippen molar-refractivity contribution in [2.45, 2.75) is 12.8 Å². The number of anilines is 2. The van der Waals surface area contributed by atoms with E-state index in [0.717, 1.165) is 19.0 Å². The Morgan fingerprint density at radius 3 is 2.64 bits per heavy atom. The topological polar surface area (TPSA) is 85.8 Å². The largest absolute Gasteiger partial charge is 0.399 e. The number of fused-ring (bicyclic) bond motifs is 1. The van der Waals surface area contributed by atoms with Crippen LogP contribution in [0.4, 0.5) is 15.9 Å². The number of nitrogen functional groups attached to an aromatic ring is 1. The Morgan fingerprint density at radius 2 is 2.00 bits per heavy atom. The first-order chi connectivity index (χ1) is 11.9. The van der Waals surface area contributed by atoms with E-state index in [2.05, 4.69) is 15.4 Å². The fourth-order valence-corrected chi connectivity index (χ4v) is 3.24. The summed E-state index contributed by atoms with van der Waals surface area (Å²) in [5.41, 5.74) is 6.53. The maximum atomic E-state index is 14.1. The van der Waals surface area contributed by atoms with Crippen LogP contribution in [0.2, 0.25) is 10.0 Å². The normalized spacial score (nSPS) is 14.0. The van der Waals surface area contributed by atoms with Gasteiger partial charge in [-0.1, -0.05) is 23.2 Å². The molecule has 0 bridgehead atoms. The van der Waals surface area contributed by atoms with Gasteiger partial charge in [0.05, 0.1) is 21.6 Å². The van der Waals surface area contributed by atoms with E-state index in [-0.39, 0.29) is 33.2 Å². The van der Waals surface area contributed by atoms with Gasteiger partial charge in [0.25, 0.3) is 0 Å². The number of carbonyl (C=O) groups excluding carboxylic acids is 1. The summed E-state index contributed by atoms with van der Waals surface area (Å²) in [6.07, 6.45) is 4.25. The zero-order chi connectivity index (χ0) is 17.7. The molecule has 1 saturated carbocycles. The highest BCUT2D eigenvalue weighted by Gasteiger charge is 2.30. The average molecular weight is 380 g/mol. The molecule has 128 valence electrons. The average Bonchev–Trinajstić information content (AvgIpc) is 3.29. The molecule has 0 atom stereocenters. The molecule has 9 heteroatoms. The standard InChI is InChI=1S/C16H12Cl2FN5O/c17-10-3-8(20)4-11(18)14(10)24-6-9-13(23-24)12(19)5-21-15(9)22-16(25)7-1-2-7/h3-7H,1-2,20H2,(H,21,22,25). The number of rotatable bonds is 3. The number of halogens is 3. The van der Waals surface area contributed by atoms with E-state index in [1.165, 1.54) is 23.0 Å². The van der Waals surface area contributed by atoms with E-state index in [4.69, 9.17) is 28.9 Å². The molecule has 25 heavy (non-hydrogen) atoms. The summed E-state index contributed by atoms with van der Waals surface area (Å²) in [5, 5.41) is 7.83. The van der Waals surface area contributed by atoms with Gasteiger partial charge in [0.15, 0.2) is 5.82 Å². The number of amides is 1. The Labute approximate surface area is 151 Å². The van der Waals surface area contributed by atoms with Crippen molar-refractivity contribution in [2.75, 3.05) is 11.1 Å². The second kappa shape index (κ2) is 5.86. The van der Waals surface area contributed by atoms with Crippen LogP contribution in [0, 0.1) is 11.7 Å². The van der Waals surface area contributed by atoms with Crippen LogP contribution in [0.5, 0.6) is 0 Å². The second-order valence-corrected chi connectivity index (χ2v) is 6.70. The molecule has 4 rings (SSSR count). The molecule has 1 aliphatic rings. The van der Waals surface area contributed by atoms with Crippen LogP contribution in [-0.2, 0) is 4.79 Å². The van der Waals surface area contributed by atoms with Gasteiger partial charge >= 0.3 is 0 Å². The van der Waals surface area contributed by atoms with E-state index in [1.54, 1.807) is 0 Å². The van der Waals surface area contributed by atoms with Crippen molar-refractivity contribution < 1.29 is 9.18 Å². The summed E-state index contributed by atoms with van der Waals surface area (Å²) >= 11 is 12.4. The minimum absolute atomic E-state index is 0.00191. The zero-order valence-electron chi connectivity index (χ0n) is 12.8. The predicted octanol–water partition coefficient (Wildman–Crippen LogP) is 3.80. The maximum absolute atomic E-state index is 14.1. The number of aromatic nitrogens is 3. The Kier molecular flexibility index (Phi) is 3.77. The third kappa shape index (κ3) is 2.89. The van der Waals surface area contributed by atoms with Crippen molar-refractivity contribution in [3.63, 3.8) is 0 Å². The fraction of sp³-hybridized carbons (Fsp3) is 0.188. The lowest BCUT2D eigenvalue weighted by molar-refractivity contribution is -0.117. The van der Waals surface area contributed by atoms with E-state index < -0.39 is 5.82 Å². The highest BCUT2D eigenvalue weighted by atomic mass is 35.5. The first-order valence-corrected chi connectivity index (χ1v) is 8.29. The number of pyridine rings is 1. The number of hydrogen-bond acceptors (Lipinski definition) is 4. The van der Waals surface area contributed by atoms with Crippen LogP contribution in [-0.4, -0.2) is 20.7 Å². The van der Waals surface area contributed by atoms with E-state index >= 15 is 0 Å². The third-order valence-corrected chi connectivity index (χ3v) is 4.54. The molecule has 3 N–H and O–H groups in total. The molecule has 1 amide bonds. The summed E-state index contributed by atoms with van der Waals surface area (Å²) in [5.74, 6) is -0.488. The van der Waals surface area contributed by atoms with Gasteiger partial charge in [-0.25, -0.2) is 14.1 Å². The molecule has 1 aliphatic carbocycles. The van der Waals surface area contributed by atoms with Crippen molar-refractivity contribution in [3.05, 3.63) is 40.4 Å². The first-order valence-electron chi connectivity index (χ1n) is 7.53. The SMILES string of the molecule is Nc1cc(Cl)c(-n2cc3c(NC(=O)C4CC4)ncc(F)c3n2)c(Cl)c1. The minimum Gasteiger partial charge on any atom is -0.399 e. The van der Waals surface area contributed by atoms with Crippen molar-refractivity contribution in [1.82, 2.24) is 14.8 Å². The summed E-state index contributed by atoms with van der Waals surface area (Å²) < 4.78 is 15.5. The van der Waals surface area contributed by atoms with Crippen molar-refractivity contribution >= 4 is 51.5 Å². The minimum atomic E-state index is -0.610.